The molecule has 0 aliphatic rings. The maximum Gasteiger partial charge on any atom is 0.275 e. The summed E-state index contributed by atoms with van der Waals surface area (Å²) >= 11 is 6.02. The molecule has 1 heterocycles. The van der Waals surface area contributed by atoms with E-state index in [1.807, 2.05) is 57.2 Å². The molecule has 1 amide bonds. The minimum Gasteiger partial charge on any atom is -0.339 e. The van der Waals surface area contributed by atoms with Crippen molar-refractivity contribution >= 4 is 34.7 Å². The fourth-order valence-corrected chi connectivity index (χ4v) is 2.62. The van der Waals surface area contributed by atoms with Crippen LogP contribution in [-0.4, -0.2) is 15.9 Å². The molecule has 5 nitrogen and oxygen atoms in total. The molecule has 3 rings (SSSR count). The van der Waals surface area contributed by atoms with Gasteiger partial charge in [-0.1, -0.05) is 29.8 Å². The van der Waals surface area contributed by atoms with Gasteiger partial charge in [0.25, 0.3) is 5.91 Å². The maximum absolute atomic E-state index is 12.4. The van der Waals surface area contributed by atoms with Crippen LogP contribution in [-0.2, 0) is 0 Å². The second kappa shape index (κ2) is 7.54. The van der Waals surface area contributed by atoms with Gasteiger partial charge in [-0.3, -0.25) is 4.79 Å². The van der Waals surface area contributed by atoms with Gasteiger partial charge in [0.05, 0.1) is 12.4 Å². The van der Waals surface area contributed by atoms with Crippen LogP contribution in [0.15, 0.2) is 48.8 Å². The molecule has 0 fully saturated rings. The summed E-state index contributed by atoms with van der Waals surface area (Å²) in [5.74, 6) is 0.246. The van der Waals surface area contributed by atoms with E-state index in [1.165, 1.54) is 12.4 Å². The summed E-state index contributed by atoms with van der Waals surface area (Å²) in [6, 6.07) is 11.3. The van der Waals surface area contributed by atoms with Crippen molar-refractivity contribution in [1.82, 2.24) is 9.97 Å². The van der Waals surface area contributed by atoms with Gasteiger partial charge in [0.15, 0.2) is 0 Å². The lowest BCUT2D eigenvalue weighted by atomic mass is 10.1. The fourth-order valence-electron chi connectivity index (χ4n) is 2.45. The van der Waals surface area contributed by atoms with E-state index < -0.39 is 0 Å². The van der Waals surface area contributed by atoms with Gasteiger partial charge in [0, 0.05) is 16.4 Å². The van der Waals surface area contributed by atoms with Crippen LogP contribution in [0.1, 0.15) is 27.2 Å². The van der Waals surface area contributed by atoms with Crippen LogP contribution in [0.3, 0.4) is 0 Å². The second-order valence-electron chi connectivity index (χ2n) is 6.07. The van der Waals surface area contributed by atoms with Crippen LogP contribution in [0.4, 0.5) is 17.2 Å². The van der Waals surface area contributed by atoms with Crippen molar-refractivity contribution in [1.29, 1.82) is 0 Å². The number of nitrogens with one attached hydrogen (secondary N) is 2. The smallest absolute Gasteiger partial charge is 0.275 e. The zero-order valence-electron chi connectivity index (χ0n) is 14.8. The lowest BCUT2D eigenvalue weighted by Gasteiger charge is -2.11. The molecule has 0 spiro atoms. The molecule has 0 aliphatic heterocycles. The van der Waals surface area contributed by atoms with Crippen molar-refractivity contribution < 1.29 is 4.79 Å². The Bertz CT molecular complexity index is 955. The monoisotopic (exact) mass is 366 g/mol. The summed E-state index contributed by atoms with van der Waals surface area (Å²) in [7, 11) is 0. The molecule has 3 aromatic rings. The van der Waals surface area contributed by atoms with E-state index >= 15 is 0 Å². The van der Waals surface area contributed by atoms with Crippen LogP contribution in [0.2, 0.25) is 5.02 Å². The van der Waals surface area contributed by atoms with E-state index in [0.29, 0.717) is 10.8 Å². The molecular weight excluding hydrogens is 348 g/mol. The number of nitrogens with zero attached hydrogens (tertiary/aromatic N) is 2. The van der Waals surface area contributed by atoms with E-state index in [4.69, 9.17) is 11.6 Å². The van der Waals surface area contributed by atoms with E-state index in [-0.39, 0.29) is 11.6 Å². The predicted molar refractivity (Wildman–Crippen MR) is 105 cm³/mol. The van der Waals surface area contributed by atoms with Crippen molar-refractivity contribution in [3.8, 4) is 0 Å². The zero-order chi connectivity index (χ0) is 18.7. The van der Waals surface area contributed by atoms with Gasteiger partial charge in [-0.15, -0.1) is 0 Å². The topological polar surface area (TPSA) is 66.9 Å². The highest BCUT2D eigenvalue weighted by molar-refractivity contribution is 6.30. The van der Waals surface area contributed by atoms with Crippen LogP contribution in [0, 0.1) is 20.8 Å². The highest BCUT2D eigenvalue weighted by Gasteiger charge is 2.11. The SMILES string of the molecule is Cc1ccc(Cl)cc1Nc1cnc(C(=O)Nc2cccc(C)c2C)cn1. The standard InChI is InChI=1S/C20H19ClN4O/c1-12-5-4-6-16(14(12)3)25-20(26)18-10-23-19(11-22-18)24-17-9-15(21)8-7-13(17)2/h4-11H,1-3H3,(H,23,24)(H,25,26). The number of hydrogen-bond acceptors (Lipinski definition) is 4. The highest BCUT2D eigenvalue weighted by Crippen LogP contribution is 2.23. The molecule has 2 aromatic carbocycles. The quantitative estimate of drug-likeness (QED) is 0.678. The average Bonchev–Trinajstić information content (AvgIpc) is 2.62. The minimum absolute atomic E-state index is 0.249. The molecule has 0 radical (unpaired) electrons. The van der Waals surface area contributed by atoms with Crippen LogP contribution in [0.25, 0.3) is 0 Å². The number of anilines is 3. The van der Waals surface area contributed by atoms with Gasteiger partial charge in [0.2, 0.25) is 0 Å². The Balaban J connectivity index is 1.73. The van der Waals surface area contributed by atoms with Crippen molar-refractivity contribution in [3.63, 3.8) is 0 Å². The predicted octanol–water partition coefficient (Wildman–Crippen LogP) is 5.05. The number of aryl methyl sites for hydroxylation is 2. The first-order valence-corrected chi connectivity index (χ1v) is 8.54. The number of carbonyl (C=O) groups excluding carboxylic acids is 1. The number of aromatic nitrogens is 2. The van der Waals surface area contributed by atoms with Gasteiger partial charge in [-0.25, -0.2) is 9.97 Å². The largest absolute Gasteiger partial charge is 0.339 e. The highest BCUT2D eigenvalue weighted by atomic mass is 35.5. The molecule has 0 aliphatic carbocycles. The first-order valence-electron chi connectivity index (χ1n) is 8.17. The summed E-state index contributed by atoms with van der Waals surface area (Å²) in [5, 5.41) is 6.66. The van der Waals surface area contributed by atoms with Crippen molar-refractivity contribution in [2.24, 2.45) is 0 Å². The third-order valence-corrected chi connectivity index (χ3v) is 4.43. The lowest BCUT2D eigenvalue weighted by molar-refractivity contribution is 0.102. The first-order chi connectivity index (χ1) is 12.4. The van der Waals surface area contributed by atoms with Gasteiger partial charge >= 0.3 is 0 Å². The Morgan fingerprint density at radius 1 is 0.962 bits per heavy atom. The molecule has 0 atom stereocenters. The Hall–Kier alpha value is -2.92. The summed E-state index contributed by atoms with van der Waals surface area (Å²) in [6.45, 7) is 5.94. The Morgan fingerprint density at radius 2 is 1.77 bits per heavy atom. The maximum atomic E-state index is 12.4. The summed E-state index contributed by atoms with van der Waals surface area (Å²) in [6.07, 6.45) is 2.97. The Labute approximate surface area is 157 Å². The number of amides is 1. The van der Waals surface area contributed by atoms with E-state index in [9.17, 15) is 4.79 Å². The molecule has 0 bridgehead atoms. The van der Waals surface area contributed by atoms with Gasteiger partial charge in [0.1, 0.15) is 11.5 Å². The third-order valence-electron chi connectivity index (χ3n) is 4.20. The van der Waals surface area contributed by atoms with E-state index in [0.717, 1.165) is 28.1 Å². The van der Waals surface area contributed by atoms with E-state index in [1.54, 1.807) is 0 Å². The van der Waals surface area contributed by atoms with Gasteiger partial charge < -0.3 is 10.6 Å². The average molecular weight is 367 g/mol. The number of benzene rings is 2. The number of hydrogen-bond donors (Lipinski definition) is 2. The number of carbonyl (C=O) groups is 1. The Kier molecular flexibility index (Phi) is 5.19. The molecule has 0 saturated heterocycles. The van der Waals surface area contributed by atoms with Crippen molar-refractivity contribution in [2.45, 2.75) is 20.8 Å². The van der Waals surface area contributed by atoms with Gasteiger partial charge in [-0.05, 0) is 55.7 Å². The molecule has 1 aromatic heterocycles. The van der Waals surface area contributed by atoms with E-state index in [2.05, 4.69) is 20.6 Å². The normalized spacial score (nSPS) is 10.5. The fraction of sp³-hybridized carbons (Fsp3) is 0.150. The summed E-state index contributed by atoms with van der Waals surface area (Å²) < 4.78 is 0. The molecular formula is C20H19ClN4O. The molecule has 0 saturated carbocycles. The number of halogens is 1. The molecule has 0 unspecified atom stereocenters. The van der Waals surface area contributed by atoms with Crippen LogP contribution >= 0.6 is 11.6 Å². The first kappa shape index (κ1) is 17.9. The van der Waals surface area contributed by atoms with Crippen molar-refractivity contribution in [3.05, 3.63) is 76.2 Å². The van der Waals surface area contributed by atoms with Crippen LogP contribution < -0.4 is 10.6 Å². The molecule has 6 heteroatoms. The van der Waals surface area contributed by atoms with Crippen LogP contribution in [0.5, 0.6) is 0 Å². The summed E-state index contributed by atoms with van der Waals surface area (Å²) in [4.78, 5) is 20.9. The molecule has 26 heavy (non-hydrogen) atoms. The molecule has 2 N–H and O–H groups in total. The second-order valence-corrected chi connectivity index (χ2v) is 6.51. The zero-order valence-corrected chi connectivity index (χ0v) is 15.6. The van der Waals surface area contributed by atoms with Gasteiger partial charge in [-0.2, -0.15) is 0 Å². The summed E-state index contributed by atoms with van der Waals surface area (Å²) in [5.41, 5.74) is 5.05. The molecule has 132 valence electrons. The lowest BCUT2D eigenvalue weighted by Crippen LogP contribution is -2.15. The Morgan fingerprint density at radius 3 is 2.50 bits per heavy atom. The minimum atomic E-state index is -0.295. The number of rotatable bonds is 4. The third kappa shape index (κ3) is 4.00. The van der Waals surface area contributed by atoms with Crippen molar-refractivity contribution in [2.75, 3.05) is 10.6 Å².